The van der Waals surface area contributed by atoms with Gasteiger partial charge >= 0.3 is 0 Å². The van der Waals surface area contributed by atoms with Gasteiger partial charge in [-0.2, -0.15) is 0 Å². The van der Waals surface area contributed by atoms with Crippen molar-refractivity contribution in [3.8, 4) is 5.88 Å². The number of aliphatic hydroxyl groups is 2. The smallest absolute Gasteiger partial charge is 0.218 e. The first-order valence-electron chi connectivity index (χ1n) is 5.24. The van der Waals surface area contributed by atoms with Gasteiger partial charge in [0.05, 0.1) is 19.3 Å². The first-order valence-corrected chi connectivity index (χ1v) is 5.24. The Hall–Kier alpha value is -1.40. The summed E-state index contributed by atoms with van der Waals surface area (Å²) in [7, 11) is 0. The predicted molar refractivity (Wildman–Crippen MR) is 59.4 cm³/mol. The van der Waals surface area contributed by atoms with Crippen molar-refractivity contribution < 1.29 is 14.9 Å². The van der Waals surface area contributed by atoms with Gasteiger partial charge in [0.2, 0.25) is 5.88 Å². The summed E-state index contributed by atoms with van der Waals surface area (Å²) in [6.45, 7) is 2.58. The lowest BCUT2D eigenvalue weighted by molar-refractivity contribution is 0.105. The van der Waals surface area contributed by atoms with E-state index in [0.717, 1.165) is 6.42 Å². The molecule has 16 heavy (non-hydrogen) atoms. The molecule has 0 aromatic carbocycles. The fourth-order valence-electron chi connectivity index (χ4n) is 1.01. The molecule has 6 nitrogen and oxygen atoms in total. The maximum Gasteiger partial charge on any atom is 0.218 e. The summed E-state index contributed by atoms with van der Waals surface area (Å²) >= 11 is 0. The van der Waals surface area contributed by atoms with Gasteiger partial charge in [0.1, 0.15) is 12.1 Å². The molecule has 1 unspecified atom stereocenters. The van der Waals surface area contributed by atoms with Crippen molar-refractivity contribution in [3.05, 3.63) is 12.4 Å². The molecule has 6 heteroatoms. The molecule has 1 rings (SSSR count). The number of nitrogens with one attached hydrogen (secondary N) is 1. The molecule has 0 saturated carbocycles. The average molecular weight is 227 g/mol. The van der Waals surface area contributed by atoms with E-state index in [4.69, 9.17) is 14.9 Å². The van der Waals surface area contributed by atoms with Gasteiger partial charge in [-0.3, -0.25) is 0 Å². The summed E-state index contributed by atoms with van der Waals surface area (Å²) in [6, 6.07) is 1.65. The van der Waals surface area contributed by atoms with E-state index in [-0.39, 0.29) is 13.2 Å². The van der Waals surface area contributed by atoms with Crippen LogP contribution in [0.2, 0.25) is 0 Å². The second-order valence-corrected chi connectivity index (χ2v) is 3.31. The molecule has 0 aliphatic carbocycles. The van der Waals surface area contributed by atoms with E-state index in [1.807, 2.05) is 6.92 Å². The molecule has 1 aromatic rings. The Bertz CT molecular complexity index is 309. The highest BCUT2D eigenvalue weighted by molar-refractivity contribution is 5.37. The third kappa shape index (κ3) is 4.41. The third-order valence-electron chi connectivity index (χ3n) is 1.83. The van der Waals surface area contributed by atoms with Crippen LogP contribution in [0, 0.1) is 0 Å². The van der Waals surface area contributed by atoms with E-state index in [2.05, 4.69) is 15.3 Å². The van der Waals surface area contributed by atoms with Crippen molar-refractivity contribution in [2.45, 2.75) is 19.4 Å². The summed E-state index contributed by atoms with van der Waals surface area (Å²) in [6.07, 6.45) is 1.50. The minimum Gasteiger partial charge on any atom is -0.478 e. The quantitative estimate of drug-likeness (QED) is 0.609. The lowest BCUT2D eigenvalue weighted by Crippen LogP contribution is -2.23. The molecule has 0 fully saturated rings. The Balaban J connectivity index is 2.46. The van der Waals surface area contributed by atoms with Crippen LogP contribution >= 0.6 is 0 Å². The fourth-order valence-corrected chi connectivity index (χ4v) is 1.01. The SMILES string of the molecule is CCCOc1cc(NCC(O)CO)ncn1. The molecule has 0 aliphatic heterocycles. The normalized spacial score (nSPS) is 12.2. The molecule has 1 aromatic heterocycles. The van der Waals surface area contributed by atoms with Gasteiger partial charge in [-0.25, -0.2) is 9.97 Å². The number of hydrogen-bond donors (Lipinski definition) is 3. The zero-order valence-corrected chi connectivity index (χ0v) is 9.26. The number of anilines is 1. The van der Waals surface area contributed by atoms with Crippen LogP contribution in [0.25, 0.3) is 0 Å². The highest BCUT2D eigenvalue weighted by atomic mass is 16.5. The number of hydrogen-bond acceptors (Lipinski definition) is 6. The van der Waals surface area contributed by atoms with E-state index >= 15 is 0 Å². The Kier molecular flexibility index (Phi) is 5.52. The lowest BCUT2D eigenvalue weighted by atomic mass is 10.4. The maximum absolute atomic E-state index is 9.14. The van der Waals surface area contributed by atoms with E-state index in [1.165, 1.54) is 6.33 Å². The van der Waals surface area contributed by atoms with Gasteiger partial charge < -0.3 is 20.3 Å². The van der Waals surface area contributed by atoms with Crippen molar-refractivity contribution in [3.63, 3.8) is 0 Å². The van der Waals surface area contributed by atoms with Crippen LogP contribution in [0.1, 0.15) is 13.3 Å². The minimum absolute atomic E-state index is 0.237. The summed E-state index contributed by atoms with van der Waals surface area (Å²) in [5.41, 5.74) is 0. The van der Waals surface area contributed by atoms with E-state index in [1.54, 1.807) is 6.07 Å². The largest absolute Gasteiger partial charge is 0.478 e. The number of aliphatic hydroxyl groups excluding tert-OH is 2. The van der Waals surface area contributed by atoms with Crippen molar-refractivity contribution >= 4 is 5.82 Å². The van der Waals surface area contributed by atoms with Crippen LogP contribution in [0.15, 0.2) is 12.4 Å². The van der Waals surface area contributed by atoms with Crippen molar-refractivity contribution in [1.82, 2.24) is 9.97 Å². The van der Waals surface area contributed by atoms with Crippen LogP contribution < -0.4 is 10.1 Å². The predicted octanol–water partition coefficient (Wildman–Crippen LogP) is 0.0305. The van der Waals surface area contributed by atoms with Gasteiger partial charge in [0, 0.05) is 12.6 Å². The fraction of sp³-hybridized carbons (Fsp3) is 0.600. The van der Waals surface area contributed by atoms with Gasteiger partial charge in [-0.05, 0) is 6.42 Å². The Morgan fingerprint density at radius 1 is 1.50 bits per heavy atom. The van der Waals surface area contributed by atoms with Crippen LogP contribution in [0.4, 0.5) is 5.82 Å². The van der Waals surface area contributed by atoms with Crippen LogP contribution in [0.5, 0.6) is 5.88 Å². The van der Waals surface area contributed by atoms with E-state index in [0.29, 0.717) is 18.3 Å². The molecule has 0 radical (unpaired) electrons. The van der Waals surface area contributed by atoms with Gasteiger partial charge in [-0.1, -0.05) is 6.92 Å². The molecular formula is C10H17N3O3. The molecule has 1 heterocycles. The van der Waals surface area contributed by atoms with Crippen LogP contribution in [-0.2, 0) is 0 Å². The van der Waals surface area contributed by atoms with Crippen molar-refractivity contribution in [2.75, 3.05) is 25.1 Å². The molecule has 0 bridgehead atoms. The Morgan fingerprint density at radius 2 is 2.31 bits per heavy atom. The van der Waals surface area contributed by atoms with Crippen LogP contribution in [0.3, 0.4) is 0 Å². The minimum atomic E-state index is -0.796. The molecule has 1 atom stereocenters. The van der Waals surface area contributed by atoms with Gasteiger partial charge in [0.25, 0.3) is 0 Å². The summed E-state index contributed by atoms with van der Waals surface area (Å²) in [4.78, 5) is 7.90. The molecule has 0 amide bonds. The Labute approximate surface area is 94.3 Å². The first-order chi connectivity index (χ1) is 7.76. The molecule has 0 saturated heterocycles. The Morgan fingerprint density at radius 3 is 3.00 bits per heavy atom. The molecule has 90 valence electrons. The molecule has 0 aliphatic rings. The monoisotopic (exact) mass is 227 g/mol. The van der Waals surface area contributed by atoms with Crippen molar-refractivity contribution in [1.29, 1.82) is 0 Å². The zero-order valence-electron chi connectivity index (χ0n) is 9.26. The topological polar surface area (TPSA) is 87.5 Å². The second-order valence-electron chi connectivity index (χ2n) is 3.31. The summed E-state index contributed by atoms with van der Waals surface area (Å²) in [5, 5.41) is 20.6. The van der Waals surface area contributed by atoms with E-state index in [9.17, 15) is 0 Å². The zero-order chi connectivity index (χ0) is 11.8. The third-order valence-corrected chi connectivity index (χ3v) is 1.83. The molecule has 0 spiro atoms. The first kappa shape index (κ1) is 12.7. The molecule has 3 N–H and O–H groups in total. The number of ether oxygens (including phenoxy) is 1. The second kappa shape index (κ2) is 6.97. The van der Waals surface area contributed by atoms with Gasteiger partial charge in [-0.15, -0.1) is 0 Å². The van der Waals surface area contributed by atoms with E-state index < -0.39 is 6.10 Å². The highest BCUT2D eigenvalue weighted by Crippen LogP contribution is 2.10. The standard InChI is InChI=1S/C10H17N3O3/c1-2-3-16-10-4-9(12-7-13-10)11-5-8(15)6-14/h4,7-8,14-15H,2-3,5-6H2,1H3,(H,11,12,13). The lowest BCUT2D eigenvalue weighted by Gasteiger charge is -2.10. The number of rotatable bonds is 7. The maximum atomic E-state index is 9.14. The average Bonchev–Trinajstić information content (AvgIpc) is 2.34. The molecular weight excluding hydrogens is 210 g/mol. The number of nitrogens with zero attached hydrogens (tertiary/aromatic N) is 2. The van der Waals surface area contributed by atoms with Gasteiger partial charge in [0.15, 0.2) is 0 Å². The van der Waals surface area contributed by atoms with Crippen molar-refractivity contribution in [2.24, 2.45) is 0 Å². The summed E-state index contributed by atoms with van der Waals surface area (Å²) in [5.74, 6) is 1.06. The number of aromatic nitrogens is 2. The highest BCUT2D eigenvalue weighted by Gasteiger charge is 2.03. The van der Waals surface area contributed by atoms with Crippen LogP contribution in [-0.4, -0.2) is 46.0 Å². The summed E-state index contributed by atoms with van der Waals surface area (Å²) < 4.78 is 5.33.